The van der Waals surface area contributed by atoms with Gasteiger partial charge in [-0.05, 0) is 42.2 Å². The summed E-state index contributed by atoms with van der Waals surface area (Å²) >= 11 is 0. The van der Waals surface area contributed by atoms with Gasteiger partial charge < -0.3 is 15.8 Å². The average Bonchev–Trinajstić information content (AvgIpc) is 3.37. The van der Waals surface area contributed by atoms with E-state index in [1.165, 1.54) is 0 Å². The normalized spacial score (nSPS) is 12.4. The van der Waals surface area contributed by atoms with Crippen molar-refractivity contribution in [1.82, 2.24) is 19.9 Å². The number of pyridine rings is 1. The Morgan fingerprint density at radius 1 is 0.895 bits per heavy atom. The molecule has 0 fully saturated rings. The Kier molecular flexibility index (Phi) is 7.31. The maximum atomic E-state index is 13.0. The molecule has 192 valence electrons. The zero-order chi connectivity index (χ0) is 26.5. The van der Waals surface area contributed by atoms with E-state index in [1.807, 2.05) is 77.3 Å². The van der Waals surface area contributed by atoms with Crippen molar-refractivity contribution in [3.8, 4) is 22.3 Å². The quantitative estimate of drug-likeness (QED) is 0.288. The van der Waals surface area contributed by atoms with Crippen LogP contribution < -0.4 is 11.1 Å². The van der Waals surface area contributed by atoms with Crippen molar-refractivity contribution in [2.24, 2.45) is 5.73 Å². The molecule has 0 saturated carbocycles. The van der Waals surface area contributed by atoms with Crippen LogP contribution in [-0.4, -0.2) is 32.7 Å². The highest BCUT2D eigenvalue weighted by Gasteiger charge is 2.28. The number of rotatable bonds is 9. The summed E-state index contributed by atoms with van der Waals surface area (Å²) in [6, 6.07) is 31.7. The van der Waals surface area contributed by atoms with Crippen LogP contribution in [0.25, 0.3) is 27.9 Å². The van der Waals surface area contributed by atoms with Crippen molar-refractivity contribution < 1.29 is 9.53 Å². The minimum Gasteiger partial charge on any atom is -0.374 e. The number of amides is 1. The number of nitrogens with one attached hydrogen (secondary N) is 1. The van der Waals surface area contributed by atoms with Gasteiger partial charge in [-0.1, -0.05) is 91.0 Å². The van der Waals surface area contributed by atoms with E-state index in [2.05, 4.69) is 45.8 Å². The maximum Gasteiger partial charge on any atom is 0.240 e. The molecule has 0 aliphatic heterocycles. The highest BCUT2D eigenvalue weighted by atomic mass is 16.5. The third-order valence-corrected chi connectivity index (χ3v) is 6.32. The summed E-state index contributed by atoms with van der Waals surface area (Å²) in [4.78, 5) is 13.0. The van der Waals surface area contributed by atoms with Gasteiger partial charge in [0.05, 0.1) is 18.8 Å². The third-order valence-electron chi connectivity index (χ3n) is 6.32. The largest absolute Gasteiger partial charge is 0.374 e. The second-order valence-electron chi connectivity index (χ2n) is 9.87. The Bertz CT molecular complexity index is 1510. The van der Waals surface area contributed by atoms with Gasteiger partial charge in [0.2, 0.25) is 5.91 Å². The van der Waals surface area contributed by atoms with Gasteiger partial charge >= 0.3 is 0 Å². The fourth-order valence-electron chi connectivity index (χ4n) is 4.26. The molecule has 2 aromatic heterocycles. The summed E-state index contributed by atoms with van der Waals surface area (Å²) < 4.78 is 8.01. The first-order chi connectivity index (χ1) is 18.4. The molecule has 0 spiro atoms. The topological polar surface area (TPSA) is 94.5 Å². The van der Waals surface area contributed by atoms with Crippen LogP contribution in [0.15, 0.2) is 103 Å². The summed E-state index contributed by atoms with van der Waals surface area (Å²) in [6.07, 6.45) is 2.01. The van der Waals surface area contributed by atoms with Gasteiger partial charge in [-0.25, -0.2) is 0 Å². The highest BCUT2D eigenvalue weighted by molar-refractivity contribution is 5.85. The van der Waals surface area contributed by atoms with Crippen LogP contribution in [0.3, 0.4) is 0 Å². The van der Waals surface area contributed by atoms with Crippen LogP contribution in [0.1, 0.15) is 31.3 Å². The van der Waals surface area contributed by atoms with Crippen LogP contribution in [0.5, 0.6) is 0 Å². The first-order valence-electron chi connectivity index (χ1n) is 12.6. The van der Waals surface area contributed by atoms with Crippen molar-refractivity contribution in [3.63, 3.8) is 0 Å². The summed E-state index contributed by atoms with van der Waals surface area (Å²) in [5.74, 6) is 0.269. The highest BCUT2D eigenvalue weighted by Crippen LogP contribution is 2.31. The fourth-order valence-corrected chi connectivity index (χ4v) is 4.26. The second kappa shape index (κ2) is 11.0. The van der Waals surface area contributed by atoms with Crippen LogP contribution in [-0.2, 0) is 16.1 Å². The molecule has 5 aromatic rings. The Labute approximate surface area is 222 Å². The molecule has 0 saturated heterocycles. The predicted octanol–water partition coefficient (Wildman–Crippen LogP) is 5.17. The molecule has 5 rings (SSSR count). The monoisotopic (exact) mass is 505 g/mol. The van der Waals surface area contributed by atoms with Gasteiger partial charge in [-0.2, -0.15) is 0 Å². The van der Waals surface area contributed by atoms with Crippen molar-refractivity contribution in [2.45, 2.75) is 32.0 Å². The van der Waals surface area contributed by atoms with Gasteiger partial charge in [-0.3, -0.25) is 9.20 Å². The van der Waals surface area contributed by atoms with E-state index in [0.717, 1.165) is 27.8 Å². The smallest absolute Gasteiger partial charge is 0.240 e. The number of carbonyl (C=O) groups is 1. The first kappa shape index (κ1) is 25.3. The van der Waals surface area contributed by atoms with Gasteiger partial charge in [0.1, 0.15) is 6.04 Å². The number of ether oxygens (including phenoxy) is 1. The SMILES string of the molecule is CC(C)(N)C(=O)N[C@H](COCc1ccccc1)c1nnc2c(-c3ccccc3)cc(-c3ccccc3)cn12. The van der Waals surface area contributed by atoms with Crippen molar-refractivity contribution in [1.29, 1.82) is 0 Å². The molecule has 0 unspecified atom stereocenters. The number of nitrogens with two attached hydrogens (primary N) is 1. The zero-order valence-electron chi connectivity index (χ0n) is 21.5. The van der Waals surface area contributed by atoms with Crippen LogP contribution in [0.4, 0.5) is 0 Å². The Morgan fingerprint density at radius 3 is 2.13 bits per heavy atom. The van der Waals surface area contributed by atoms with E-state index in [-0.39, 0.29) is 12.5 Å². The van der Waals surface area contributed by atoms with Crippen LogP contribution >= 0.6 is 0 Å². The summed E-state index contributed by atoms with van der Waals surface area (Å²) in [5, 5.41) is 12.2. The Morgan fingerprint density at radius 2 is 1.50 bits per heavy atom. The lowest BCUT2D eigenvalue weighted by molar-refractivity contribution is -0.126. The molecule has 7 nitrogen and oxygen atoms in total. The molecule has 0 aliphatic carbocycles. The molecular weight excluding hydrogens is 474 g/mol. The van der Waals surface area contributed by atoms with Gasteiger partial charge in [0.25, 0.3) is 0 Å². The number of hydrogen-bond donors (Lipinski definition) is 2. The van der Waals surface area contributed by atoms with E-state index in [1.54, 1.807) is 13.8 Å². The molecule has 1 atom stereocenters. The van der Waals surface area contributed by atoms with Gasteiger partial charge in [-0.15, -0.1) is 10.2 Å². The number of hydrogen-bond acceptors (Lipinski definition) is 5. The van der Waals surface area contributed by atoms with Crippen molar-refractivity contribution >= 4 is 11.6 Å². The molecule has 1 amide bonds. The molecule has 3 aromatic carbocycles. The second-order valence-corrected chi connectivity index (χ2v) is 9.87. The summed E-state index contributed by atoms with van der Waals surface area (Å²) in [5.41, 5.74) is 10.8. The minimum atomic E-state index is -1.07. The van der Waals surface area contributed by atoms with Crippen molar-refractivity contribution in [3.05, 3.63) is 115 Å². The minimum absolute atomic E-state index is 0.202. The van der Waals surface area contributed by atoms with Crippen molar-refractivity contribution in [2.75, 3.05) is 6.61 Å². The van der Waals surface area contributed by atoms with Gasteiger partial charge in [0, 0.05) is 11.8 Å². The standard InChI is InChI=1S/C31H31N5O2/c1-31(2,32)30(37)33-27(21-38-20-22-12-6-3-7-13-22)29-35-34-28-26(24-16-10-5-11-17-24)18-25(19-36(28)29)23-14-8-4-9-15-23/h3-19,27H,20-21,32H2,1-2H3,(H,33,37)/t27-/m1/s1. The van der Waals surface area contributed by atoms with E-state index in [9.17, 15) is 4.79 Å². The summed E-state index contributed by atoms with van der Waals surface area (Å²) in [7, 11) is 0. The first-order valence-corrected chi connectivity index (χ1v) is 12.6. The van der Waals surface area contributed by atoms with Gasteiger partial charge in [0.15, 0.2) is 11.5 Å². The molecule has 2 heterocycles. The van der Waals surface area contributed by atoms with Crippen LogP contribution in [0.2, 0.25) is 0 Å². The number of fused-ring (bicyclic) bond motifs is 1. The number of aromatic nitrogens is 3. The molecule has 38 heavy (non-hydrogen) atoms. The number of nitrogens with zero attached hydrogens (tertiary/aromatic N) is 3. The molecule has 0 bridgehead atoms. The van der Waals surface area contributed by atoms with E-state index in [4.69, 9.17) is 10.5 Å². The summed E-state index contributed by atoms with van der Waals surface area (Å²) in [6.45, 7) is 3.95. The number of benzene rings is 3. The molecular formula is C31H31N5O2. The fraction of sp³-hybridized carbons (Fsp3) is 0.194. The molecule has 0 aliphatic rings. The molecule has 3 N–H and O–H groups in total. The third kappa shape index (κ3) is 5.64. The van der Waals surface area contributed by atoms with Crippen LogP contribution in [0, 0.1) is 0 Å². The van der Waals surface area contributed by atoms with E-state index < -0.39 is 11.6 Å². The lowest BCUT2D eigenvalue weighted by Gasteiger charge is -2.23. The zero-order valence-corrected chi connectivity index (χ0v) is 21.5. The van der Waals surface area contributed by atoms with E-state index >= 15 is 0 Å². The predicted molar refractivity (Wildman–Crippen MR) is 149 cm³/mol. The number of carbonyl (C=O) groups excluding carboxylic acids is 1. The lowest BCUT2D eigenvalue weighted by atomic mass is 10.0. The lowest BCUT2D eigenvalue weighted by Crippen LogP contribution is -2.50. The molecule has 0 radical (unpaired) electrons. The maximum absolute atomic E-state index is 13.0. The van der Waals surface area contributed by atoms with E-state index in [0.29, 0.717) is 18.1 Å². The average molecular weight is 506 g/mol. The molecule has 7 heteroatoms. The Hall–Kier alpha value is -4.33. The Balaban J connectivity index is 1.58.